The fourth-order valence-corrected chi connectivity index (χ4v) is 5.13. The summed E-state index contributed by atoms with van der Waals surface area (Å²) in [5.41, 5.74) is 10.4. The summed E-state index contributed by atoms with van der Waals surface area (Å²) < 4.78 is 1.80. The molecule has 0 aliphatic heterocycles. The molecule has 0 radical (unpaired) electrons. The van der Waals surface area contributed by atoms with Gasteiger partial charge in [-0.3, -0.25) is 4.79 Å². The Morgan fingerprint density at radius 2 is 1.74 bits per heavy atom. The Hall–Kier alpha value is -3.13. The van der Waals surface area contributed by atoms with Crippen LogP contribution in [0.1, 0.15) is 73.7 Å². The van der Waals surface area contributed by atoms with E-state index in [0.29, 0.717) is 23.7 Å². The van der Waals surface area contributed by atoms with E-state index in [-0.39, 0.29) is 5.91 Å². The zero-order valence-electron chi connectivity index (χ0n) is 19.9. The van der Waals surface area contributed by atoms with Gasteiger partial charge in [-0.2, -0.15) is 0 Å². The predicted octanol–water partition coefficient (Wildman–Crippen LogP) is 4.53. The van der Waals surface area contributed by atoms with Gasteiger partial charge in [0.05, 0.1) is 5.69 Å². The summed E-state index contributed by atoms with van der Waals surface area (Å²) in [6.45, 7) is 2.06. The zero-order chi connectivity index (χ0) is 23.5. The van der Waals surface area contributed by atoms with Crippen molar-refractivity contribution in [2.24, 2.45) is 5.73 Å². The minimum Gasteiger partial charge on any atom is -0.366 e. The average Bonchev–Trinajstić information content (AvgIpc) is 3.32. The lowest BCUT2D eigenvalue weighted by molar-refractivity contribution is 0.0927. The van der Waals surface area contributed by atoms with Gasteiger partial charge in [-0.15, -0.1) is 5.10 Å². The third-order valence-corrected chi connectivity index (χ3v) is 7.25. The molecule has 0 saturated heterocycles. The number of nitrogens with zero attached hydrogens (tertiary/aromatic N) is 3. The van der Waals surface area contributed by atoms with Crippen molar-refractivity contribution in [1.82, 2.24) is 19.9 Å². The topological polar surface area (TPSA) is 109 Å². The van der Waals surface area contributed by atoms with Crippen molar-refractivity contribution in [2.75, 3.05) is 10.6 Å². The molecule has 8 nitrogen and oxygen atoms in total. The number of anilines is 3. The molecular formula is C26H35N7O. The van der Waals surface area contributed by atoms with E-state index >= 15 is 0 Å². The summed E-state index contributed by atoms with van der Waals surface area (Å²) >= 11 is 0. The van der Waals surface area contributed by atoms with Crippen LogP contribution in [0.2, 0.25) is 0 Å². The Labute approximate surface area is 200 Å². The molecule has 5 N–H and O–H groups in total. The van der Waals surface area contributed by atoms with Crippen LogP contribution in [0.5, 0.6) is 0 Å². The number of rotatable bonds is 6. The quantitative estimate of drug-likeness (QED) is 0.430. The minimum absolute atomic E-state index is 0.00729. The molecule has 0 bridgehead atoms. The Balaban J connectivity index is 1.32. The Bertz CT molecular complexity index is 1130. The van der Waals surface area contributed by atoms with Crippen molar-refractivity contribution in [3.05, 3.63) is 47.8 Å². The van der Waals surface area contributed by atoms with Gasteiger partial charge in [-0.25, -0.2) is 9.50 Å². The van der Waals surface area contributed by atoms with E-state index in [1.807, 2.05) is 30.5 Å². The number of hydrogen-bond acceptors (Lipinski definition) is 6. The van der Waals surface area contributed by atoms with Crippen LogP contribution in [-0.4, -0.2) is 38.6 Å². The van der Waals surface area contributed by atoms with Crippen molar-refractivity contribution in [1.29, 1.82) is 0 Å². The number of hydrogen-bond donors (Lipinski definition) is 4. The average molecular weight is 462 g/mol. The Kier molecular flexibility index (Phi) is 6.67. The number of imidazole rings is 1. The fraction of sp³-hybridized carbons (Fsp3) is 0.500. The molecule has 2 aliphatic rings. The Morgan fingerprint density at radius 1 is 1.00 bits per heavy atom. The second-order valence-corrected chi connectivity index (χ2v) is 9.81. The van der Waals surface area contributed by atoms with Gasteiger partial charge in [0.2, 0.25) is 0 Å². The summed E-state index contributed by atoms with van der Waals surface area (Å²) in [6.07, 6.45) is 13.6. The van der Waals surface area contributed by atoms with Gasteiger partial charge in [0.25, 0.3) is 5.91 Å². The highest BCUT2D eigenvalue weighted by atomic mass is 16.1. The number of amides is 1. The number of fused-ring (bicyclic) bond motifs is 1. The number of aromatic nitrogens is 3. The summed E-state index contributed by atoms with van der Waals surface area (Å²) in [5, 5.41) is 15.1. The normalized spacial score (nSPS) is 21.4. The molecule has 0 spiro atoms. The maximum absolute atomic E-state index is 12.7. The first-order chi connectivity index (χ1) is 16.6. The second-order valence-electron chi connectivity index (χ2n) is 9.81. The van der Waals surface area contributed by atoms with Crippen LogP contribution < -0.4 is 21.7 Å². The first-order valence-corrected chi connectivity index (χ1v) is 12.6. The Morgan fingerprint density at radius 3 is 2.47 bits per heavy atom. The first-order valence-electron chi connectivity index (χ1n) is 12.6. The molecule has 1 aromatic carbocycles. The van der Waals surface area contributed by atoms with Crippen LogP contribution in [-0.2, 0) is 0 Å². The van der Waals surface area contributed by atoms with E-state index in [4.69, 9.17) is 10.8 Å². The monoisotopic (exact) mass is 461 g/mol. The van der Waals surface area contributed by atoms with Gasteiger partial charge in [-0.1, -0.05) is 19.3 Å². The highest BCUT2D eigenvalue weighted by Gasteiger charge is 2.21. The highest BCUT2D eigenvalue weighted by Crippen LogP contribution is 2.31. The third kappa shape index (κ3) is 5.01. The van der Waals surface area contributed by atoms with Crippen LogP contribution in [0.3, 0.4) is 0 Å². The molecule has 2 aromatic heterocycles. The number of carbonyl (C=O) groups excluding carboxylic acids is 1. The third-order valence-electron chi connectivity index (χ3n) is 7.25. The zero-order valence-corrected chi connectivity index (χ0v) is 19.9. The standard InChI is InChI=1S/C26H35N7O/c1-17-23(25-28-15-16-33(25)32-24(17)30-22-13-9-19(27)10-14-22)29-21-11-7-18(8-12-21)26(34)31-20-5-3-2-4-6-20/h7-8,11-12,15-16,19-20,22,29H,2-6,9-10,13-14,27H2,1H3,(H,30,32)(H,31,34)/t19-,22-. The van der Waals surface area contributed by atoms with Crippen molar-refractivity contribution < 1.29 is 4.79 Å². The molecule has 2 heterocycles. The van der Waals surface area contributed by atoms with E-state index in [2.05, 4.69) is 27.9 Å². The largest absolute Gasteiger partial charge is 0.366 e. The molecule has 3 aromatic rings. The van der Waals surface area contributed by atoms with Crippen molar-refractivity contribution in [3.8, 4) is 0 Å². The van der Waals surface area contributed by atoms with Crippen LogP contribution >= 0.6 is 0 Å². The molecular weight excluding hydrogens is 426 g/mol. The number of carbonyl (C=O) groups is 1. The van der Waals surface area contributed by atoms with E-state index in [1.54, 1.807) is 10.7 Å². The molecule has 2 aliphatic carbocycles. The van der Waals surface area contributed by atoms with Gasteiger partial charge >= 0.3 is 0 Å². The van der Waals surface area contributed by atoms with Crippen LogP contribution in [0.25, 0.3) is 5.65 Å². The van der Waals surface area contributed by atoms with E-state index < -0.39 is 0 Å². The van der Waals surface area contributed by atoms with Gasteiger partial charge in [0.1, 0.15) is 0 Å². The molecule has 1 amide bonds. The summed E-state index contributed by atoms with van der Waals surface area (Å²) in [7, 11) is 0. The fourth-order valence-electron chi connectivity index (χ4n) is 5.13. The predicted molar refractivity (Wildman–Crippen MR) is 136 cm³/mol. The van der Waals surface area contributed by atoms with Crippen LogP contribution in [0, 0.1) is 6.92 Å². The second kappa shape index (κ2) is 10.0. The van der Waals surface area contributed by atoms with Gasteiger partial charge in [0.15, 0.2) is 11.5 Å². The van der Waals surface area contributed by atoms with E-state index in [1.165, 1.54) is 19.3 Å². The molecule has 0 atom stereocenters. The maximum Gasteiger partial charge on any atom is 0.251 e. The number of nitrogens with two attached hydrogens (primary N) is 1. The number of nitrogens with one attached hydrogen (secondary N) is 3. The number of benzene rings is 1. The molecule has 5 rings (SSSR count). The smallest absolute Gasteiger partial charge is 0.251 e. The van der Waals surface area contributed by atoms with E-state index in [0.717, 1.165) is 66.9 Å². The summed E-state index contributed by atoms with van der Waals surface area (Å²) in [6, 6.07) is 8.65. The van der Waals surface area contributed by atoms with Crippen LogP contribution in [0.4, 0.5) is 17.2 Å². The van der Waals surface area contributed by atoms with Crippen molar-refractivity contribution in [2.45, 2.75) is 82.8 Å². The van der Waals surface area contributed by atoms with Gasteiger partial charge < -0.3 is 21.7 Å². The lowest BCUT2D eigenvalue weighted by Crippen LogP contribution is -2.36. The minimum atomic E-state index is 0.00729. The first kappa shape index (κ1) is 22.7. The van der Waals surface area contributed by atoms with Crippen molar-refractivity contribution in [3.63, 3.8) is 0 Å². The molecule has 0 unspecified atom stereocenters. The summed E-state index contributed by atoms with van der Waals surface area (Å²) in [5.74, 6) is 0.866. The molecule has 180 valence electrons. The van der Waals surface area contributed by atoms with Crippen LogP contribution in [0.15, 0.2) is 36.7 Å². The highest BCUT2D eigenvalue weighted by molar-refractivity contribution is 5.95. The lowest BCUT2D eigenvalue weighted by atomic mass is 9.92. The molecule has 2 saturated carbocycles. The van der Waals surface area contributed by atoms with Gasteiger partial charge in [-0.05, 0) is 69.7 Å². The molecule has 8 heteroatoms. The molecule has 2 fully saturated rings. The molecule has 34 heavy (non-hydrogen) atoms. The van der Waals surface area contributed by atoms with Crippen molar-refractivity contribution >= 4 is 28.7 Å². The maximum atomic E-state index is 12.7. The summed E-state index contributed by atoms with van der Waals surface area (Å²) in [4.78, 5) is 17.2. The lowest BCUT2D eigenvalue weighted by Gasteiger charge is -2.28. The SMILES string of the molecule is Cc1c(N[C@H]2CC[C@H](N)CC2)nn2ccnc2c1Nc1ccc(C(=O)NC2CCCCC2)cc1. The van der Waals surface area contributed by atoms with E-state index in [9.17, 15) is 4.79 Å². The van der Waals surface area contributed by atoms with Gasteiger partial charge in [0, 0.05) is 47.3 Å².